The summed E-state index contributed by atoms with van der Waals surface area (Å²) in [5, 5.41) is 17.7. The van der Waals surface area contributed by atoms with Crippen LogP contribution in [0.1, 0.15) is 13.8 Å². The summed E-state index contributed by atoms with van der Waals surface area (Å²) in [5.41, 5.74) is 0.306. The number of hydrogen-bond donors (Lipinski definition) is 2. The van der Waals surface area contributed by atoms with Crippen molar-refractivity contribution in [1.29, 1.82) is 0 Å². The van der Waals surface area contributed by atoms with E-state index < -0.39 is 7.12 Å². The van der Waals surface area contributed by atoms with Crippen molar-refractivity contribution in [3.63, 3.8) is 0 Å². The molecule has 0 radical (unpaired) electrons. The molecule has 7 heteroatoms. The molecular weight excluding hydrogens is 216 g/mol. The molecular formula is C8H15BClN3O2. The van der Waals surface area contributed by atoms with Crippen LogP contribution in [0.4, 0.5) is 5.95 Å². The fourth-order valence-electron chi connectivity index (χ4n) is 1.13. The van der Waals surface area contributed by atoms with Gasteiger partial charge in [-0.1, -0.05) is 0 Å². The van der Waals surface area contributed by atoms with E-state index in [1.807, 2.05) is 18.7 Å². The Balaban J connectivity index is 0.00000196. The zero-order valence-electron chi connectivity index (χ0n) is 8.79. The van der Waals surface area contributed by atoms with Gasteiger partial charge in [-0.3, -0.25) is 0 Å². The number of rotatable bonds is 4. The first-order valence-electron chi connectivity index (χ1n) is 4.62. The summed E-state index contributed by atoms with van der Waals surface area (Å²) in [7, 11) is -1.50. The van der Waals surface area contributed by atoms with Crippen molar-refractivity contribution in [3.8, 4) is 0 Å². The second-order valence-corrected chi connectivity index (χ2v) is 2.86. The molecule has 0 saturated carbocycles. The monoisotopic (exact) mass is 231 g/mol. The smallest absolute Gasteiger partial charge is 0.423 e. The van der Waals surface area contributed by atoms with E-state index in [1.165, 1.54) is 12.4 Å². The average Bonchev–Trinajstić information content (AvgIpc) is 2.20. The predicted octanol–water partition coefficient (Wildman–Crippen LogP) is -0.576. The molecule has 0 aliphatic heterocycles. The van der Waals surface area contributed by atoms with Crippen LogP contribution < -0.4 is 10.4 Å². The summed E-state index contributed by atoms with van der Waals surface area (Å²) in [4.78, 5) is 10.1. The van der Waals surface area contributed by atoms with E-state index in [4.69, 9.17) is 10.0 Å². The Morgan fingerprint density at radius 3 is 2.00 bits per heavy atom. The maximum atomic E-state index is 8.83. The minimum absolute atomic E-state index is 0. The number of nitrogens with zero attached hydrogens (tertiary/aromatic N) is 3. The van der Waals surface area contributed by atoms with Gasteiger partial charge >= 0.3 is 7.12 Å². The molecule has 0 fully saturated rings. The van der Waals surface area contributed by atoms with Gasteiger partial charge in [-0.25, -0.2) is 9.97 Å². The molecule has 0 atom stereocenters. The lowest BCUT2D eigenvalue weighted by atomic mass is 9.83. The minimum atomic E-state index is -1.50. The molecule has 0 spiro atoms. The fourth-order valence-corrected chi connectivity index (χ4v) is 1.13. The SMILES string of the molecule is CCN(CC)c1ncc(B(O)O)cn1.Cl. The summed E-state index contributed by atoms with van der Waals surface area (Å²) < 4.78 is 0. The number of aromatic nitrogens is 2. The van der Waals surface area contributed by atoms with Crippen LogP contribution in [0.5, 0.6) is 0 Å². The quantitative estimate of drug-likeness (QED) is 0.679. The van der Waals surface area contributed by atoms with Gasteiger partial charge in [-0.05, 0) is 13.8 Å². The van der Waals surface area contributed by atoms with E-state index in [0.717, 1.165) is 13.1 Å². The molecule has 0 aliphatic rings. The van der Waals surface area contributed by atoms with Crippen LogP contribution in [0, 0.1) is 0 Å². The molecule has 0 aromatic carbocycles. The third-order valence-electron chi connectivity index (χ3n) is 2.00. The van der Waals surface area contributed by atoms with Crippen LogP contribution in [0.2, 0.25) is 0 Å². The largest absolute Gasteiger partial charge is 0.491 e. The lowest BCUT2D eigenvalue weighted by molar-refractivity contribution is 0.425. The van der Waals surface area contributed by atoms with Crippen LogP contribution in [0.15, 0.2) is 12.4 Å². The van der Waals surface area contributed by atoms with Gasteiger partial charge in [0, 0.05) is 30.9 Å². The molecule has 0 saturated heterocycles. The van der Waals surface area contributed by atoms with Crippen LogP contribution in [-0.4, -0.2) is 40.2 Å². The normalized spacial score (nSPS) is 9.33. The highest BCUT2D eigenvalue weighted by molar-refractivity contribution is 6.58. The molecule has 15 heavy (non-hydrogen) atoms. The Kier molecular flexibility index (Phi) is 6.23. The van der Waals surface area contributed by atoms with Crippen molar-refractivity contribution < 1.29 is 10.0 Å². The zero-order chi connectivity index (χ0) is 10.6. The Labute approximate surface area is 95.7 Å². The standard InChI is InChI=1S/C8H14BN3O2.ClH/c1-3-12(4-2)8-10-5-7(6-11-8)9(13)14;/h5-6,13-14H,3-4H2,1-2H3;1H. The highest BCUT2D eigenvalue weighted by atomic mass is 35.5. The van der Waals surface area contributed by atoms with E-state index in [1.54, 1.807) is 0 Å². The molecule has 0 aliphatic carbocycles. The molecule has 84 valence electrons. The second kappa shape index (κ2) is 6.60. The van der Waals surface area contributed by atoms with Crippen molar-refractivity contribution in [3.05, 3.63) is 12.4 Å². The fraction of sp³-hybridized carbons (Fsp3) is 0.500. The Morgan fingerprint density at radius 1 is 1.20 bits per heavy atom. The Bertz CT molecular complexity index is 280. The van der Waals surface area contributed by atoms with Crippen LogP contribution in [-0.2, 0) is 0 Å². The minimum Gasteiger partial charge on any atom is -0.423 e. The summed E-state index contributed by atoms with van der Waals surface area (Å²) in [6.07, 6.45) is 2.84. The number of anilines is 1. The first kappa shape index (κ1) is 14.2. The molecule has 1 aromatic heterocycles. The van der Waals surface area contributed by atoms with Gasteiger partial charge in [-0.15, -0.1) is 12.4 Å². The van der Waals surface area contributed by atoms with Gasteiger partial charge in [0.2, 0.25) is 5.95 Å². The van der Waals surface area contributed by atoms with Gasteiger partial charge in [0.15, 0.2) is 0 Å². The van der Waals surface area contributed by atoms with E-state index in [9.17, 15) is 0 Å². The first-order valence-corrected chi connectivity index (χ1v) is 4.62. The van der Waals surface area contributed by atoms with E-state index in [2.05, 4.69) is 9.97 Å². The van der Waals surface area contributed by atoms with Crippen LogP contribution >= 0.6 is 12.4 Å². The van der Waals surface area contributed by atoms with Gasteiger partial charge < -0.3 is 14.9 Å². The molecule has 1 heterocycles. The third-order valence-corrected chi connectivity index (χ3v) is 2.00. The molecule has 2 N–H and O–H groups in total. The van der Waals surface area contributed by atoms with Gasteiger partial charge in [0.25, 0.3) is 0 Å². The van der Waals surface area contributed by atoms with E-state index >= 15 is 0 Å². The van der Waals surface area contributed by atoms with Crippen molar-refractivity contribution in [1.82, 2.24) is 9.97 Å². The molecule has 0 unspecified atom stereocenters. The Morgan fingerprint density at radius 2 is 1.67 bits per heavy atom. The molecule has 0 bridgehead atoms. The topological polar surface area (TPSA) is 69.5 Å². The summed E-state index contributed by atoms with van der Waals surface area (Å²) in [6, 6.07) is 0. The first-order chi connectivity index (χ1) is 6.69. The highest BCUT2D eigenvalue weighted by Crippen LogP contribution is 2.02. The molecule has 1 rings (SSSR count). The lowest BCUT2D eigenvalue weighted by Gasteiger charge is -2.17. The lowest BCUT2D eigenvalue weighted by Crippen LogP contribution is -2.32. The number of hydrogen-bond acceptors (Lipinski definition) is 5. The molecule has 0 amide bonds. The van der Waals surface area contributed by atoms with Gasteiger partial charge in [-0.2, -0.15) is 0 Å². The second-order valence-electron chi connectivity index (χ2n) is 2.86. The van der Waals surface area contributed by atoms with Gasteiger partial charge in [0.05, 0.1) is 0 Å². The highest BCUT2D eigenvalue weighted by Gasteiger charge is 2.12. The zero-order valence-corrected chi connectivity index (χ0v) is 9.61. The number of halogens is 1. The van der Waals surface area contributed by atoms with Crippen molar-refractivity contribution >= 4 is 30.9 Å². The summed E-state index contributed by atoms with van der Waals surface area (Å²) in [5.74, 6) is 0.611. The van der Waals surface area contributed by atoms with Gasteiger partial charge in [0.1, 0.15) is 0 Å². The van der Waals surface area contributed by atoms with Crippen molar-refractivity contribution in [2.75, 3.05) is 18.0 Å². The summed E-state index contributed by atoms with van der Waals surface area (Å²) in [6.45, 7) is 5.69. The van der Waals surface area contributed by atoms with E-state index in [-0.39, 0.29) is 12.4 Å². The van der Waals surface area contributed by atoms with Crippen molar-refractivity contribution in [2.45, 2.75) is 13.8 Å². The Hall–Kier alpha value is -0.845. The average molecular weight is 231 g/mol. The third kappa shape index (κ3) is 3.66. The molecule has 1 aromatic rings. The summed E-state index contributed by atoms with van der Waals surface area (Å²) >= 11 is 0. The maximum Gasteiger partial charge on any atom is 0.491 e. The maximum absolute atomic E-state index is 8.83. The predicted molar refractivity (Wildman–Crippen MR) is 62.7 cm³/mol. The van der Waals surface area contributed by atoms with Crippen LogP contribution in [0.25, 0.3) is 0 Å². The van der Waals surface area contributed by atoms with Crippen LogP contribution in [0.3, 0.4) is 0 Å². The van der Waals surface area contributed by atoms with Crippen molar-refractivity contribution in [2.24, 2.45) is 0 Å². The molecule has 5 nitrogen and oxygen atoms in total. The van der Waals surface area contributed by atoms with E-state index in [0.29, 0.717) is 11.4 Å².